The Bertz CT molecular complexity index is 598. The van der Waals surface area contributed by atoms with Crippen molar-refractivity contribution in [1.82, 2.24) is 15.6 Å². The predicted octanol–water partition coefficient (Wildman–Crippen LogP) is 3.93. The second-order valence-electron chi connectivity index (χ2n) is 5.19. The second kappa shape index (κ2) is 10.6. The summed E-state index contributed by atoms with van der Waals surface area (Å²) >= 11 is 1.76. The first-order chi connectivity index (χ1) is 10.7. The Morgan fingerprint density at radius 2 is 2.22 bits per heavy atom. The fraction of sp³-hybridized carbons (Fsp3) is 0.412. The first kappa shape index (κ1) is 19.9. The number of aromatic nitrogens is 1. The second-order valence-corrected chi connectivity index (χ2v) is 6.17. The molecule has 2 heterocycles. The van der Waals surface area contributed by atoms with E-state index >= 15 is 0 Å². The zero-order valence-electron chi connectivity index (χ0n) is 13.9. The van der Waals surface area contributed by atoms with Gasteiger partial charge in [-0.3, -0.25) is 9.98 Å². The maximum Gasteiger partial charge on any atom is 0.191 e. The van der Waals surface area contributed by atoms with Crippen LogP contribution in [0.1, 0.15) is 35.9 Å². The van der Waals surface area contributed by atoms with Crippen molar-refractivity contribution < 1.29 is 0 Å². The number of hydrogen-bond donors (Lipinski definition) is 2. The highest BCUT2D eigenvalue weighted by Crippen LogP contribution is 2.17. The molecule has 0 amide bonds. The zero-order valence-corrected chi connectivity index (χ0v) is 17.0. The van der Waals surface area contributed by atoms with E-state index < -0.39 is 0 Å². The third kappa shape index (κ3) is 6.47. The van der Waals surface area contributed by atoms with Crippen LogP contribution in [0.2, 0.25) is 0 Å². The average molecular weight is 444 g/mol. The molecular formula is C17H25IN4S. The number of halogens is 1. The van der Waals surface area contributed by atoms with Gasteiger partial charge in [0.25, 0.3) is 0 Å². The number of pyridine rings is 1. The SMILES string of the molecule is CCNC(=NCCc1ccncc1C)NC(C)c1cccs1.I. The Hall–Kier alpha value is -1.15. The lowest BCUT2D eigenvalue weighted by Crippen LogP contribution is -2.38. The summed E-state index contributed by atoms with van der Waals surface area (Å²) in [5.41, 5.74) is 2.53. The van der Waals surface area contributed by atoms with E-state index in [1.807, 2.05) is 12.4 Å². The van der Waals surface area contributed by atoms with Gasteiger partial charge >= 0.3 is 0 Å². The van der Waals surface area contributed by atoms with Crippen LogP contribution in [0.25, 0.3) is 0 Å². The molecule has 0 saturated heterocycles. The lowest BCUT2D eigenvalue weighted by Gasteiger charge is -2.16. The molecule has 2 N–H and O–H groups in total. The van der Waals surface area contributed by atoms with Gasteiger partial charge in [-0.1, -0.05) is 6.07 Å². The number of nitrogens with one attached hydrogen (secondary N) is 2. The summed E-state index contributed by atoms with van der Waals surface area (Å²) in [6.45, 7) is 7.95. The van der Waals surface area contributed by atoms with Crippen LogP contribution in [0.4, 0.5) is 0 Å². The number of nitrogens with zero attached hydrogens (tertiary/aromatic N) is 2. The van der Waals surface area contributed by atoms with Crippen LogP contribution in [0.5, 0.6) is 0 Å². The van der Waals surface area contributed by atoms with E-state index in [-0.39, 0.29) is 30.0 Å². The number of thiophene rings is 1. The normalized spacial score (nSPS) is 12.4. The smallest absolute Gasteiger partial charge is 0.191 e. The van der Waals surface area contributed by atoms with Crippen LogP contribution < -0.4 is 10.6 Å². The summed E-state index contributed by atoms with van der Waals surface area (Å²) in [7, 11) is 0. The minimum atomic E-state index is 0. The topological polar surface area (TPSA) is 49.3 Å². The van der Waals surface area contributed by atoms with Crippen molar-refractivity contribution in [2.24, 2.45) is 4.99 Å². The molecular weight excluding hydrogens is 419 g/mol. The van der Waals surface area contributed by atoms with E-state index in [4.69, 9.17) is 0 Å². The number of rotatable bonds is 6. The largest absolute Gasteiger partial charge is 0.357 e. The van der Waals surface area contributed by atoms with E-state index in [0.717, 1.165) is 25.5 Å². The van der Waals surface area contributed by atoms with Gasteiger partial charge in [0.05, 0.1) is 6.04 Å². The van der Waals surface area contributed by atoms with E-state index in [2.05, 4.69) is 65.0 Å². The lowest BCUT2D eigenvalue weighted by atomic mass is 10.1. The molecule has 0 spiro atoms. The van der Waals surface area contributed by atoms with E-state index in [1.54, 1.807) is 11.3 Å². The molecule has 23 heavy (non-hydrogen) atoms. The Morgan fingerprint density at radius 3 is 2.87 bits per heavy atom. The fourth-order valence-electron chi connectivity index (χ4n) is 2.20. The number of aliphatic imine (C=N–C) groups is 1. The van der Waals surface area contributed by atoms with Crippen LogP contribution in [0, 0.1) is 6.92 Å². The molecule has 6 heteroatoms. The maximum absolute atomic E-state index is 4.68. The quantitative estimate of drug-likeness (QED) is 0.403. The van der Waals surface area contributed by atoms with Crippen LogP contribution in [0.3, 0.4) is 0 Å². The maximum atomic E-state index is 4.68. The van der Waals surface area contributed by atoms with Gasteiger partial charge < -0.3 is 10.6 Å². The van der Waals surface area contributed by atoms with E-state index in [9.17, 15) is 0 Å². The fourth-order valence-corrected chi connectivity index (χ4v) is 2.94. The third-order valence-electron chi connectivity index (χ3n) is 3.45. The van der Waals surface area contributed by atoms with Crippen molar-refractivity contribution in [3.05, 3.63) is 52.0 Å². The highest BCUT2D eigenvalue weighted by molar-refractivity contribution is 14.0. The molecule has 0 aliphatic heterocycles. The van der Waals surface area contributed by atoms with E-state index in [1.165, 1.54) is 16.0 Å². The molecule has 0 bridgehead atoms. The molecule has 0 fully saturated rings. The Morgan fingerprint density at radius 1 is 1.39 bits per heavy atom. The predicted molar refractivity (Wildman–Crippen MR) is 110 cm³/mol. The molecule has 0 saturated carbocycles. The average Bonchev–Trinajstić information content (AvgIpc) is 3.04. The molecule has 1 unspecified atom stereocenters. The number of hydrogen-bond acceptors (Lipinski definition) is 3. The summed E-state index contributed by atoms with van der Waals surface area (Å²) in [4.78, 5) is 10.1. The minimum Gasteiger partial charge on any atom is -0.357 e. The first-order valence-electron chi connectivity index (χ1n) is 7.68. The number of guanidine groups is 1. The summed E-state index contributed by atoms with van der Waals surface area (Å²) in [6, 6.07) is 6.56. The van der Waals surface area contributed by atoms with Gasteiger partial charge in [-0.2, -0.15) is 0 Å². The highest BCUT2D eigenvalue weighted by atomic mass is 127. The molecule has 0 radical (unpaired) electrons. The molecule has 0 aliphatic carbocycles. The van der Waals surface area contributed by atoms with Crippen LogP contribution in [-0.2, 0) is 6.42 Å². The van der Waals surface area contributed by atoms with Gasteiger partial charge in [0.1, 0.15) is 0 Å². The van der Waals surface area contributed by atoms with Crippen LogP contribution in [0.15, 0.2) is 41.0 Å². The Kier molecular flexibility index (Phi) is 9.16. The number of aryl methyl sites for hydroxylation is 1. The molecule has 4 nitrogen and oxygen atoms in total. The Labute approximate surface area is 159 Å². The molecule has 126 valence electrons. The van der Waals surface area contributed by atoms with Crippen molar-refractivity contribution >= 4 is 41.3 Å². The minimum absolute atomic E-state index is 0. The third-order valence-corrected chi connectivity index (χ3v) is 4.51. The van der Waals surface area contributed by atoms with Gasteiger partial charge in [0.2, 0.25) is 0 Å². The Balaban J connectivity index is 0.00000264. The van der Waals surface area contributed by atoms with E-state index in [0.29, 0.717) is 0 Å². The van der Waals surface area contributed by atoms with Gasteiger partial charge in [-0.15, -0.1) is 35.3 Å². The standard InChI is InChI=1S/C17H24N4S.HI/c1-4-19-17(21-14(3)16-6-5-11-22-16)20-10-8-15-7-9-18-12-13(15)2;/h5-7,9,11-12,14H,4,8,10H2,1-3H3,(H2,19,20,21);1H. The highest BCUT2D eigenvalue weighted by Gasteiger charge is 2.08. The molecule has 2 aromatic heterocycles. The lowest BCUT2D eigenvalue weighted by molar-refractivity contribution is 0.697. The monoisotopic (exact) mass is 444 g/mol. The van der Waals surface area contributed by atoms with Crippen molar-refractivity contribution in [3.63, 3.8) is 0 Å². The summed E-state index contributed by atoms with van der Waals surface area (Å²) in [6.07, 6.45) is 4.67. The van der Waals surface area contributed by atoms with Crippen LogP contribution >= 0.6 is 35.3 Å². The van der Waals surface area contributed by atoms with Gasteiger partial charge in [0.15, 0.2) is 5.96 Å². The molecule has 2 rings (SSSR count). The van der Waals surface area contributed by atoms with Crippen molar-refractivity contribution in [1.29, 1.82) is 0 Å². The molecule has 1 atom stereocenters. The van der Waals surface area contributed by atoms with Crippen molar-refractivity contribution in [3.8, 4) is 0 Å². The van der Waals surface area contributed by atoms with Crippen LogP contribution in [-0.4, -0.2) is 24.0 Å². The summed E-state index contributed by atoms with van der Waals surface area (Å²) in [5, 5.41) is 8.87. The van der Waals surface area contributed by atoms with Gasteiger partial charge in [-0.05, 0) is 55.8 Å². The first-order valence-corrected chi connectivity index (χ1v) is 8.56. The molecule has 0 aliphatic rings. The summed E-state index contributed by atoms with van der Waals surface area (Å²) in [5.74, 6) is 0.870. The van der Waals surface area contributed by atoms with Gasteiger partial charge in [-0.25, -0.2) is 0 Å². The van der Waals surface area contributed by atoms with Crippen molar-refractivity contribution in [2.75, 3.05) is 13.1 Å². The summed E-state index contributed by atoms with van der Waals surface area (Å²) < 4.78 is 0. The van der Waals surface area contributed by atoms with Crippen molar-refractivity contribution in [2.45, 2.75) is 33.2 Å². The molecule has 2 aromatic rings. The zero-order chi connectivity index (χ0) is 15.8. The molecule has 0 aromatic carbocycles. The van der Waals surface area contributed by atoms with Gasteiger partial charge in [0, 0.05) is 30.4 Å².